The molecule has 8 heteroatoms. The van der Waals surface area contributed by atoms with Crippen LogP contribution in [0.25, 0.3) is 0 Å². The van der Waals surface area contributed by atoms with Crippen molar-refractivity contribution in [3.05, 3.63) is 35.6 Å². The molecule has 2 N–H and O–H groups in total. The zero-order chi connectivity index (χ0) is 13.8. The number of sulfonamides is 1. The Morgan fingerprint density at radius 2 is 1.78 bits per heavy atom. The van der Waals surface area contributed by atoms with E-state index >= 15 is 0 Å². The Kier molecular flexibility index (Phi) is 5.12. The highest BCUT2D eigenvalue weighted by molar-refractivity contribution is 7.88. The Labute approximate surface area is 102 Å². The van der Waals surface area contributed by atoms with Crippen LogP contribution < -0.4 is 4.72 Å². The number of hydrogen-bond acceptors (Lipinski definition) is 3. The maximum Gasteiger partial charge on any atom is 0.265 e. The molecular weight excluding hydrogens is 271 g/mol. The molecule has 0 saturated heterocycles. The topological polar surface area (TPSA) is 66.4 Å². The Balaban J connectivity index is 2.57. The highest BCUT2D eigenvalue weighted by atomic mass is 32.2. The van der Waals surface area contributed by atoms with Crippen molar-refractivity contribution in [2.45, 2.75) is 18.3 Å². The fourth-order valence-corrected chi connectivity index (χ4v) is 2.31. The molecule has 18 heavy (non-hydrogen) atoms. The minimum Gasteiger partial charge on any atom is -0.386 e. The molecule has 0 amide bonds. The van der Waals surface area contributed by atoms with E-state index in [1.165, 1.54) is 12.1 Å². The number of benzene rings is 1. The van der Waals surface area contributed by atoms with E-state index in [-0.39, 0.29) is 0 Å². The standard InChI is InChI=1S/C10H12F3NO3S/c11-8-3-1-7(2-4-8)6-18(16,17)14-5-9(15)10(12)13/h1-4,9-10,14-15H,5-6H2. The number of aliphatic hydroxyl groups excluding tert-OH is 1. The molecule has 0 heterocycles. The van der Waals surface area contributed by atoms with Crippen molar-refractivity contribution >= 4 is 10.0 Å². The first-order chi connectivity index (χ1) is 8.30. The molecule has 1 atom stereocenters. The van der Waals surface area contributed by atoms with Crippen LogP contribution in [0.1, 0.15) is 5.56 Å². The number of rotatable bonds is 6. The zero-order valence-electron chi connectivity index (χ0n) is 9.18. The summed E-state index contributed by atoms with van der Waals surface area (Å²) < 4.78 is 61.2. The van der Waals surface area contributed by atoms with E-state index in [0.717, 1.165) is 12.1 Å². The highest BCUT2D eigenvalue weighted by Crippen LogP contribution is 2.07. The number of alkyl halides is 2. The van der Waals surface area contributed by atoms with E-state index in [4.69, 9.17) is 5.11 Å². The molecule has 0 radical (unpaired) electrons. The molecule has 0 fully saturated rings. The second-order valence-electron chi connectivity index (χ2n) is 3.64. The molecule has 0 saturated carbocycles. The summed E-state index contributed by atoms with van der Waals surface area (Å²) >= 11 is 0. The summed E-state index contributed by atoms with van der Waals surface area (Å²) in [5.74, 6) is -0.972. The van der Waals surface area contributed by atoms with Gasteiger partial charge in [-0.1, -0.05) is 12.1 Å². The van der Waals surface area contributed by atoms with Crippen LogP contribution in [0.2, 0.25) is 0 Å². The van der Waals surface area contributed by atoms with Crippen molar-refractivity contribution in [3.8, 4) is 0 Å². The largest absolute Gasteiger partial charge is 0.386 e. The van der Waals surface area contributed by atoms with Gasteiger partial charge in [-0.25, -0.2) is 26.3 Å². The van der Waals surface area contributed by atoms with Gasteiger partial charge in [0.25, 0.3) is 6.43 Å². The lowest BCUT2D eigenvalue weighted by atomic mass is 10.2. The van der Waals surface area contributed by atoms with Crippen LogP contribution >= 0.6 is 0 Å². The van der Waals surface area contributed by atoms with Gasteiger partial charge in [0.05, 0.1) is 5.75 Å². The Morgan fingerprint density at radius 1 is 1.22 bits per heavy atom. The van der Waals surface area contributed by atoms with Gasteiger partial charge in [0.2, 0.25) is 10.0 Å². The van der Waals surface area contributed by atoms with Crippen LogP contribution in [0.3, 0.4) is 0 Å². The van der Waals surface area contributed by atoms with E-state index in [2.05, 4.69) is 0 Å². The molecule has 1 unspecified atom stereocenters. The van der Waals surface area contributed by atoms with Gasteiger partial charge in [0, 0.05) is 6.54 Å². The van der Waals surface area contributed by atoms with Crippen LogP contribution in [0.5, 0.6) is 0 Å². The first-order valence-corrected chi connectivity index (χ1v) is 6.63. The molecule has 4 nitrogen and oxygen atoms in total. The van der Waals surface area contributed by atoms with Gasteiger partial charge in [0.1, 0.15) is 11.9 Å². The van der Waals surface area contributed by atoms with E-state index in [1.54, 1.807) is 0 Å². The summed E-state index contributed by atoms with van der Waals surface area (Å²) in [7, 11) is -3.84. The van der Waals surface area contributed by atoms with Crippen molar-refractivity contribution in [1.82, 2.24) is 4.72 Å². The summed E-state index contributed by atoms with van der Waals surface area (Å²) in [5.41, 5.74) is 0.315. The van der Waals surface area contributed by atoms with Gasteiger partial charge in [-0.05, 0) is 17.7 Å². The van der Waals surface area contributed by atoms with Crippen molar-refractivity contribution in [3.63, 3.8) is 0 Å². The zero-order valence-corrected chi connectivity index (χ0v) is 10.0. The van der Waals surface area contributed by atoms with E-state index in [0.29, 0.717) is 5.56 Å². The van der Waals surface area contributed by atoms with Crippen LogP contribution in [0.15, 0.2) is 24.3 Å². The van der Waals surface area contributed by atoms with Gasteiger partial charge in [-0.2, -0.15) is 0 Å². The van der Waals surface area contributed by atoms with Gasteiger partial charge >= 0.3 is 0 Å². The molecule has 0 aliphatic heterocycles. The van der Waals surface area contributed by atoms with Crippen LogP contribution in [-0.2, 0) is 15.8 Å². The quantitative estimate of drug-likeness (QED) is 0.814. The Hall–Kier alpha value is -1.12. The summed E-state index contributed by atoms with van der Waals surface area (Å²) in [6, 6.07) is 4.74. The van der Waals surface area contributed by atoms with Crippen molar-refractivity contribution in [2.24, 2.45) is 0 Å². The number of nitrogens with one attached hydrogen (secondary N) is 1. The third-order valence-corrected chi connectivity index (χ3v) is 3.39. The summed E-state index contributed by atoms with van der Waals surface area (Å²) in [4.78, 5) is 0. The molecule has 102 valence electrons. The second-order valence-corrected chi connectivity index (χ2v) is 5.44. The average Bonchev–Trinajstić information content (AvgIpc) is 2.29. The molecule has 1 aromatic rings. The molecular formula is C10H12F3NO3S. The van der Waals surface area contributed by atoms with E-state index in [9.17, 15) is 21.6 Å². The minimum atomic E-state index is -3.84. The normalized spacial score (nSPS) is 13.8. The monoisotopic (exact) mass is 283 g/mol. The maximum absolute atomic E-state index is 12.6. The van der Waals surface area contributed by atoms with Crippen LogP contribution in [-0.4, -0.2) is 32.6 Å². The first kappa shape index (κ1) is 14.9. The SMILES string of the molecule is O=S(=O)(Cc1ccc(F)cc1)NCC(O)C(F)F. The van der Waals surface area contributed by atoms with E-state index < -0.39 is 40.7 Å². The molecule has 0 aliphatic carbocycles. The van der Waals surface area contributed by atoms with E-state index in [1.807, 2.05) is 4.72 Å². The van der Waals surface area contributed by atoms with Gasteiger partial charge in [-0.15, -0.1) is 0 Å². The number of hydrogen-bond donors (Lipinski definition) is 2. The summed E-state index contributed by atoms with van der Waals surface area (Å²) in [5, 5.41) is 8.77. The minimum absolute atomic E-state index is 0.315. The Bertz CT molecular complexity index is 476. The second kappa shape index (κ2) is 6.17. The smallest absolute Gasteiger partial charge is 0.265 e. The van der Waals surface area contributed by atoms with Crippen molar-refractivity contribution in [2.75, 3.05) is 6.54 Å². The molecule has 0 aromatic heterocycles. The highest BCUT2D eigenvalue weighted by Gasteiger charge is 2.20. The van der Waals surface area contributed by atoms with Crippen molar-refractivity contribution in [1.29, 1.82) is 0 Å². The average molecular weight is 283 g/mol. The van der Waals surface area contributed by atoms with Gasteiger partial charge in [-0.3, -0.25) is 0 Å². The van der Waals surface area contributed by atoms with Gasteiger partial charge in [0.15, 0.2) is 0 Å². The first-order valence-electron chi connectivity index (χ1n) is 4.98. The fourth-order valence-electron chi connectivity index (χ4n) is 1.15. The predicted molar refractivity (Wildman–Crippen MR) is 59.0 cm³/mol. The summed E-state index contributed by atoms with van der Waals surface area (Å²) in [6.45, 7) is -0.763. The Morgan fingerprint density at radius 3 is 2.28 bits per heavy atom. The third-order valence-electron chi connectivity index (χ3n) is 2.07. The van der Waals surface area contributed by atoms with Crippen LogP contribution in [0, 0.1) is 5.82 Å². The third kappa shape index (κ3) is 5.03. The number of aliphatic hydroxyl groups is 1. The lowest BCUT2D eigenvalue weighted by molar-refractivity contribution is -0.000455. The number of halogens is 3. The molecule has 0 aliphatic rings. The molecule has 0 bridgehead atoms. The molecule has 1 aromatic carbocycles. The predicted octanol–water partition coefficient (Wildman–Crippen LogP) is 0.871. The molecule has 1 rings (SSSR count). The lowest BCUT2D eigenvalue weighted by Crippen LogP contribution is -2.36. The van der Waals surface area contributed by atoms with Crippen molar-refractivity contribution < 1.29 is 26.7 Å². The lowest BCUT2D eigenvalue weighted by Gasteiger charge is -2.11. The van der Waals surface area contributed by atoms with Crippen LogP contribution in [0.4, 0.5) is 13.2 Å². The maximum atomic E-state index is 12.6. The fraction of sp³-hybridized carbons (Fsp3) is 0.400. The van der Waals surface area contributed by atoms with Gasteiger partial charge < -0.3 is 5.11 Å². The molecule has 0 spiro atoms. The summed E-state index contributed by atoms with van der Waals surface area (Å²) in [6.07, 6.45) is -5.06.